The van der Waals surface area contributed by atoms with E-state index in [1.165, 1.54) is 12.1 Å². The summed E-state index contributed by atoms with van der Waals surface area (Å²) >= 11 is 0. The third kappa shape index (κ3) is 3.15. The fourth-order valence-electron chi connectivity index (χ4n) is 3.23. The zero-order valence-corrected chi connectivity index (χ0v) is 15.4. The average molecular weight is 378 g/mol. The van der Waals surface area contributed by atoms with Crippen LogP contribution in [-0.2, 0) is 6.54 Å². The van der Waals surface area contributed by atoms with E-state index in [1.54, 1.807) is 51.7 Å². The van der Waals surface area contributed by atoms with Crippen molar-refractivity contribution in [3.05, 3.63) is 82.0 Å². The van der Waals surface area contributed by atoms with Gasteiger partial charge in [0.05, 0.1) is 23.8 Å². The smallest absolute Gasteiger partial charge is 0.277 e. The van der Waals surface area contributed by atoms with Gasteiger partial charge < -0.3 is 9.88 Å². The molecule has 4 rings (SSSR count). The summed E-state index contributed by atoms with van der Waals surface area (Å²) in [6.45, 7) is 2.82. The van der Waals surface area contributed by atoms with E-state index >= 15 is 0 Å². The highest BCUT2D eigenvalue weighted by molar-refractivity contribution is 5.97. The lowest BCUT2D eigenvalue weighted by molar-refractivity contribution is 0.0954. The maximum Gasteiger partial charge on any atom is 0.277 e. The van der Waals surface area contributed by atoms with Crippen LogP contribution in [0.3, 0.4) is 0 Å². The van der Waals surface area contributed by atoms with Crippen LogP contribution in [0.15, 0.2) is 59.5 Å². The highest BCUT2D eigenvalue weighted by atomic mass is 19.1. The van der Waals surface area contributed by atoms with E-state index in [9.17, 15) is 14.0 Å². The summed E-state index contributed by atoms with van der Waals surface area (Å²) in [5, 5.41) is 7.09. The molecule has 2 heterocycles. The van der Waals surface area contributed by atoms with E-state index in [0.29, 0.717) is 28.7 Å². The molecule has 0 bridgehead atoms. The molecule has 0 radical (unpaired) electrons. The summed E-state index contributed by atoms with van der Waals surface area (Å²) in [5.74, 6) is -0.521. The lowest BCUT2D eigenvalue weighted by atomic mass is 10.1. The standard InChI is InChI=1S/C21H19FN4O2/c1-2-10-23-20(27)15-5-8-17-19(12-15)25(13-14-3-6-16(22)7-4-14)21(28)18-9-11-24-26(17)18/h3-9,11-12H,2,10,13H2,1H3,(H,23,27). The zero-order valence-electron chi connectivity index (χ0n) is 15.4. The Balaban J connectivity index is 1.90. The Hall–Kier alpha value is -3.48. The van der Waals surface area contributed by atoms with Gasteiger partial charge >= 0.3 is 0 Å². The number of hydrogen-bond acceptors (Lipinski definition) is 3. The SMILES string of the molecule is CCCNC(=O)c1ccc2c(c1)n(Cc1ccc(F)cc1)c(=O)c1ccnn12. The summed E-state index contributed by atoms with van der Waals surface area (Å²) in [6, 6.07) is 12.9. The van der Waals surface area contributed by atoms with Crippen molar-refractivity contribution in [1.29, 1.82) is 0 Å². The minimum Gasteiger partial charge on any atom is -0.352 e. The highest BCUT2D eigenvalue weighted by Crippen LogP contribution is 2.18. The Morgan fingerprint density at radius 3 is 2.61 bits per heavy atom. The van der Waals surface area contributed by atoms with Crippen molar-refractivity contribution in [3.8, 4) is 0 Å². The number of nitrogens with zero attached hydrogens (tertiary/aromatic N) is 3. The molecule has 4 aromatic rings. The number of halogens is 1. The van der Waals surface area contributed by atoms with Gasteiger partial charge in [-0.1, -0.05) is 19.1 Å². The molecule has 0 saturated carbocycles. The summed E-state index contributed by atoms with van der Waals surface area (Å²) in [7, 11) is 0. The van der Waals surface area contributed by atoms with E-state index in [2.05, 4.69) is 10.4 Å². The van der Waals surface area contributed by atoms with E-state index in [-0.39, 0.29) is 23.8 Å². The number of benzene rings is 2. The van der Waals surface area contributed by atoms with Gasteiger partial charge in [0.15, 0.2) is 0 Å². The van der Waals surface area contributed by atoms with Crippen LogP contribution in [0.4, 0.5) is 4.39 Å². The van der Waals surface area contributed by atoms with Crippen LogP contribution in [0.25, 0.3) is 16.6 Å². The van der Waals surface area contributed by atoms with E-state index in [0.717, 1.165) is 12.0 Å². The number of nitrogens with one attached hydrogen (secondary N) is 1. The number of amides is 1. The second kappa shape index (κ2) is 7.26. The van der Waals surface area contributed by atoms with Crippen molar-refractivity contribution in [2.75, 3.05) is 6.54 Å². The first-order valence-corrected chi connectivity index (χ1v) is 9.11. The van der Waals surface area contributed by atoms with Crippen molar-refractivity contribution >= 4 is 22.5 Å². The predicted octanol–water partition coefficient (Wildman–Crippen LogP) is 2.98. The lowest BCUT2D eigenvalue weighted by Crippen LogP contribution is -2.26. The predicted molar refractivity (Wildman–Crippen MR) is 105 cm³/mol. The highest BCUT2D eigenvalue weighted by Gasteiger charge is 2.14. The van der Waals surface area contributed by atoms with Crippen molar-refractivity contribution in [3.63, 3.8) is 0 Å². The van der Waals surface area contributed by atoms with Crippen molar-refractivity contribution in [1.82, 2.24) is 19.5 Å². The van der Waals surface area contributed by atoms with Gasteiger partial charge in [-0.3, -0.25) is 9.59 Å². The molecule has 7 heteroatoms. The summed E-state index contributed by atoms with van der Waals surface area (Å²) < 4.78 is 16.4. The van der Waals surface area contributed by atoms with Crippen LogP contribution < -0.4 is 10.9 Å². The fraction of sp³-hybridized carbons (Fsp3) is 0.190. The van der Waals surface area contributed by atoms with Crippen LogP contribution in [0, 0.1) is 5.82 Å². The Morgan fingerprint density at radius 2 is 1.86 bits per heavy atom. The molecule has 28 heavy (non-hydrogen) atoms. The van der Waals surface area contributed by atoms with Gasteiger partial charge in [0.25, 0.3) is 11.5 Å². The quantitative estimate of drug-likeness (QED) is 0.581. The molecule has 0 unspecified atom stereocenters. The molecule has 142 valence electrons. The van der Waals surface area contributed by atoms with Gasteiger partial charge in [-0.25, -0.2) is 8.91 Å². The van der Waals surface area contributed by atoms with E-state index in [4.69, 9.17) is 0 Å². The third-order valence-corrected chi connectivity index (χ3v) is 4.65. The number of fused-ring (bicyclic) bond motifs is 3. The minimum absolute atomic E-state index is 0.190. The van der Waals surface area contributed by atoms with Crippen LogP contribution in [0.2, 0.25) is 0 Å². The molecular formula is C21H19FN4O2. The summed E-state index contributed by atoms with van der Waals surface area (Å²) in [4.78, 5) is 25.4. The molecule has 1 amide bonds. The molecule has 0 aliphatic carbocycles. The Labute approximate surface area is 160 Å². The van der Waals surface area contributed by atoms with Gasteiger partial charge in [0.1, 0.15) is 11.3 Å². The third-order valence-electron chi connectivity index (χ3n) is 4.65. The Morgan fingerprint density at radius 1 is 1.07 bits per heavy atom. The van der Waals surface area contributed by atoms with Crippen LogP contribution in [0.5, 0.6) is 0 Å². The van der Waals surface area contributed by atoms with Crippen LogP contribution in [-0.4, -0.2) is 26.6 Å². The number of carbonyl (C=O) groups excluding carboxylic acids is 1. The van der Waals surface area contributed by atoms with Crippen molar-refractivity contribution in [2.45, 2.75) is 19.9 Å². The van der Waals surface area contributed by atoms with Crippen molar-refractivity contribution < 1.29 is 9.18 Å². The zero-order chi connectivity index (χ0) is 19.7. The van der Waals surface area contributed by atoms with Gasteiger partial charge in [-0.05, 0) is 48.4 Å². The first-order chi connectivity index (χ1) is 13.6. The molecule has 0 spiro atoms. The van der Waals surface area contributed by atoms with Gasteiger partial charge in [0.2, 0.25) is 0 Å². The normalized spacial score (nSPS) is 11.2. The van der Waals surface area contributed by atoms with Crippen molar-refractivity contribution in [2.24, 2.45) is 0 Å². The largest absolute Gasteiger partial charge is 0.352 e. The Bertz CT molecular complexity index is 1230. The van der Waals surface area contributed by atoms with Crippen LogP contribution >= 0.6 is 0 Å². The van der Waals surface area contributed by atoms with Gasteiger partial charge in [-0.15, -0.1) is 0 Å². The second-order valence-corrected chi connectivity index (χ2v) is 6.61. The number of aromatic nitrogens is 3. The summed E-state index contributed by atoms with van der Waals surface area (Å²) in [6.07, 6.45) is 2.41. The molecule has 0 saturated heterocycles. The maximum atomic E-state index is 13.2. The molecule has 0 fully saturated rings. The van der Waals surface area contributed by atoms with E-state index in [1.807, 2.05) is 6.92 Å². The topological polar surface area (TPSA) is 68.4 Å². The molecule has 2 aromatic carbocycles. The molecule has 6 nitrogen and oxygen atoms in total. The number of hydrogen-bond donors (Lipinski definition) is 1. The lowest BCUT2D eigenvalue weighted by Gasteiger charge is -2.13. The van der Waals surface area contributed by atoms with Gasteiger partial charge in [0, 0.05) is 12.1 Å². The average Bonchev–Trinajstić information content (AvgIpc) is 3.20. The second-order valence-electron chi connectivity index (χ2n) is 6.61. The molecule has 0 atom stereocenters. The minimum atomic E-state index is -0.331. The molecule has 0 aliphatic rings. The molecule has 1 N–H and O–H groups in total. The first-order valence-electron chi connectivity index (χ1n) is 9.11. The number of carbonyl (C=O) groups is 1. The first kappa shape index (κ1) is 17.9. The molecular weight excluding hydrogens is 359 g/mol. The fourth-order valence-corrected chi connectivity index (χ4v) is 3.23. The van der Waals surface area contributed by atoms with Gasteiger partial charge in [-0.2, -0.15) is 5.10 Å². The molecule has 2 aromatic heterocycles. The van der Waals surface area contributed by atoms with Crippen LogP contribution in [0.1, 0.15) is 29.3 Å². The monoisotopic (exact) mass is 378 g/mol. The van der Waals surface area contributed by atoms with E-state index < -0.39 is 0 Å². The summed E-state index contributed by atoms with van der Waals surface area (Å²) in [5.41, 5.74) is 2.79. The number of rotatable bonds is 5. The maximum absolute atomic E-state index is 13.2. The molecule has 0 aliphatic heterocycles. The Kier molecular flexibility index (Phi) is 4.65.